The molecule has 3 aromatic rings. The zero-order valence-electron chi connectivity index (χ0n) is 14.5. The lowest BCUT2D eigenvalue weighted by Crippen LogP contribution is -2.49. The van der Waals surface area contributed by atoms with E-state index in [1.807, 2.05) is 19.1 Å². The number of aromatic nitrogens is 4. The molecule has 3 aliphatic rings. The van der Waals surface area contributed by atoms with E-state index in [2.05, 4.69) is 25.7 Å². The first-order valence-corrected chi connectivity index (χ1v) is 8.81. The summed E-state index contributed by atoms with van der Waals surface area (Å²) in [5.74, 6) is -0.287. The fraction of sp³-hybridized carbons (Fsp3) is 0.333. The predicted octanol–water partition coefficient (Wildman–Crippen LogP) is 2.09. The highest BCUT2D eigenvalue weighted by molar-refractivity contribution is 6.00. The Balaban J connectivity index is 1.63. The molecule has 1 saturated carbocycles. The van der Waals surface area contributed by atoms with Gasteiger partial charge in [0.2, 0.25) is 5.88 Å². The van der Waals surface area contributed by atoms with E-state index < -0.39 is 5.82 Å². The molecule has 4 bridgehead atoms. The second-order valence-electron chi connectivity index (χ2n) is 6.91. The average molecular weight is 368 g/mol. The van der Waals surface area contributed by atoms with Gasteiger partial charge in [0.25, 0.3) is 5.91 Å². The molecule has 138 valence electrons. The van der Waals surface area contributed by atoms with Crippen LogP contribution >= 0.6 is 0 Å². The van der Waals surface area contributed by atoms with Gasteiger partial charge in [-0.05, 0) is 13.0 Å². The van der Waals surface area contributed by atoms with Crippen LogP contribution in [0.15, 0.2) is 30.7 Å². The van der Waals surface area contributed by atoms with Crippen molar-refractivity contribution in [3.8, 4) is 5.88 Å². The van der Waals surface area contributed by atoms with Crippen LogP contribution in [0.3, 0.4) is 0 Å². The van der Waals surface area contributed by atoms with Gasteiger partial charge >= 0.3 is 0 Å². The third-order valence-electron chi connectivity index (χ3n) is 5.02. The summed E-state index contributed by atoms with van der Waals surface area (Å²) in [6.45, 7) is 1.88. The fourth-order valence-electron chi connectivity index (χ4n) is 3.47. The van der Waals surface area contributed by atoms with Crippen molar-refractivity contribution >= 4 is 17.4 Å². The summed E-state index contributed by atoms with van der Waals surface area (Å²) in [7, 11) is 0. The summed E-state index contributed by atoms with van der Waals surface area (Å²) < 4.78 is 21.8. The first-order valence-electron chi connectivity index (χ1n) is 8.81. The molecule has 6 rings (SSSR count). The number of carbonyl (C=O) groups excluding carboxylic acids is 1. The molecule has 1 aliphatic carbocycles. The van der Waals surface area contributed by atoms with Gasteiger partial charge in [0.1, 0.15) is 11.7 Å². The number of ether oxygens (including phenoxy) is 1. The molecule has 2 aliphatic heterocycles. The van der Waals surface area contributed by atoms with E-state index in [4.69, 9.17) is 4.74 Å². The first-order chi connectivity index (χ1) is 13.1. The number of hydrogen-bond donors (Lipinski definition) is 2. The SMILES string of the molecule is C[C@H]1Nc2nc3c(cnn3cc2F)C(=O)NC2CC(C2)Oc2ncccc21. The van der Waals surface area contributed by atoms with E-state index in [0.29, 0.717) is 29.9 Å². The van der Waals surface area contributed by atoms with Crippen molar-refractivity contribution in [1.29, 1.82) is 0 Å². The zero-order valence-corrected chi connectivity index (χ0v) is 14.5. The van der Waals surface area contributed by atoms with Gasteiger partial charge in [-0.1, -0.05) is 6.07 Å². The minimum atomic E-state index is -0.564. The maximum atomic E-state index is 14.5. The highest BCUT2D eigenvalue weighted by atomic mass is 19.1. The Kier molecular flexibility index (Phi) is 3.49. The molecular weight excluding hydrogens is 351 g/mol. The van der Waals surface area contributed by atoms with Crippen molar-refractivity contribution in [3.05, 3.63) is 47.7 Å². The molecular formula is C18H17FN6O2. The van der Waals surface area contributed by atoms with E-state index in [9.17, 15) is 9.18 Å². The van der Waals surface area contributed by atoms with Crippen LogP contribution in [0, 0.1) is 5.82 Å². The molecule has 0 aromatic carbocycles. The monoisotopic (exact) mass is 368 g/mol. The van der Waals surface area contributed by atoms with E-state index in [1.54, 1.807) is 6.20 Å². The Labute approximate surface area is 153 Å². The molecule has 8 nitrogen and oxygen atoms in total. The van der Waals surface area contributed by atoms with E-state index in [1.165, 1.54) is 16.9 Å². The number of anilines is 1. The largest absolute Gasteiger partial charge is 0.474 e. The van der Waals surface area contributed by atoms with Gasteiger partial charge < -0.3 is 15.4 Å². The number of fused-ring (bicyclic) bond motifs is 2. The standard InChI is InChI=1S/C18H17FN6O2/c1-9-12-3-2-4-20-18(12)27-11-5-10(6-11)23-17(26)13-7-21-25-8-14(19)15(22-9)24-16(13)25/h2-4,7-11H,5-6H2,1H3,(H,22,24)(H,23,26)/t9-,10?,11?/m1/s1. The lowest BCUT2D eigenvalue weighted by atomic mass is 9.89. The fourth-order valence-corrected chi connectivity index (χ4v) is 3.47. The van der Waals surface area contributed by atoms with Crippen molar-refractivity contribution in [2.24, 2.45) is 0 Å². The molecule has 5 heterocycles. The zero-order chi connectivity index (χ0) is 18.5. The summed E-state index contributed by atoms with van der Waals surface area (Å²) in [5, 5.41) is 10.1. The van der Waals surface area contributed by atoms with E-state index >= 15 is 0 Å². The topological polar surface area (TPSA) is 93.4 Å². The number of carbonyl (C=O) groups is 1. The van der Waals surface area contributed by atoms with Crippen LogP contribution in [-0.2, 0) is 0 Å². The Morgan fingerprint density at radius 1 is 1.33 bits per heavy atom. The Bertz CT molecular complexity index is 1050. The van der Waals surface area contributed by atoms with Crippen LogP contribution in [-0.4, -0.2) is 37.6 Å². The van der Waals surface area contributed by atoms with Crippen molar-refractivity contribution in [1.82, 2.24) is 24.9 Å². The van der Waals surface area contributed by atoms with Gasteiger partial charge in [-0.3, -0.25) is 4.79 Å². The van der Waals surface area contributed by atoms with Crippen molar-refractivity contribution < 1.29 is 13.9 Å². The van der Waals surface area contributed by atoms with Gasteiger partial charge in [-0.25, -0.2) is 18.9 Å². The molecule has 3 aromatic heterocycles. The molecule has 0 saturated heterocycles. The average Bonchev–Trinajstić information content (AvgIpc) is 3.02. The van der Waals surface area contributed by atoms with Crippen LogP contribution in [0.25, 0.3) is 5.65 Å². The third-order valence-corrected chi connectivity index (χ3v) is 5.02. The second kappa shape index (κ2) is 5.90. The molecule has 1 amide bonds. The molecule has 1 fully saturated rings. The molecule has 27 heavy (non-hydrogen) atoms. The van der Waals surface area contributed by atoms with Crippen LogP contribution in [0.2, 0.25) is 0 Å². The number of nitrogens with one attached hydrogen (secondary N) is 2. The summed E-state index contributed by atoms with van der Waals surface area (Å²) in [6.07, 6.45) is 5.67. The van der Waals surface area contributed by atoms with Gasteiger partial charge in [0.15, 0.2) is 17.3 Å². The van der Waals surface area contributed by atoms with Gasteiger partial charge in [-0.2, -0.15) is 5.10 Å². The minimum absolute atomic E-state index is 0.0149. The number of hydrogen-bond acceptors (Lipinski definition) is 6. The molecule has 1 atom stereocenters. The first kappa shape index (κ1) is 16.0. The number of pyridine rings is 1. The van der Waals surface area contributed by atoms with Crippen LogP contribution in [0.1, 0.15) is 41.7 Å². The van der Waals surface area contributed by atoms with Crippen molar-refractivity contribution in [2.75, 3.05) is 5.32 Å². The van der Waals surface area contributed by atoms with E-state index in [-0.39, 0.29) is 29.9 Å². The number of halogens is 1. The summed E-state index contributed by atoms with van der Waals surface area (Å²) in [5.41, 5.74) is 1.44. The quantitative estimate of drug-likeness (QED) is 0.631. The normalized spacial score (nSPS) is 24.2. The van der Waals surface area contributed by atoms with Gasteiger partial charge in [0, 0.05) is 30.6 Å². The minimum Gasteiger partial charge on any atom is -0.474 e. The van der Waals surface area contributed by atoms with Crippen molar-refractivity contribution in [3.63, 3.8) is 0 Å². The summed E-state index contributed by atoms with van der Waals surface area (Å²) in [6, 6.07) is 3.43. The Hall–Kier alpha value is -3.23. The smallest absolute Gasteiger partial charge is 0.256 e. The number of amides is 1. The van der Waals surface area contributed by atoms with Crippen molar-refractivity contribution in [2.45, 2.75) is 38.0 Å². The number of nitrogens with zero attached hydrogens (tertiary/aromatic N) is 4. The molecule has 2 N–H and O–H groups in total. The Morgan fingerprint density at radius 2 is 2.19 bits per heavy atom. The van der Waals surface area contributed by atoms with Crippen LogP contribution < -0.4 is 15.4 Å². The summed E-state index contributed by atoms with van der Waals surface area (Å²) in [4.78, 5) is 21.2. The maximum Gasteiger partial charge on any atom is 0.256 e. The van der Waals surface area contributed by atoms with Gasteiger partial charge in [-0.15, -0.1) is 0 Å². The van der Waals surface area contributed by atoms with Crippen LogP contribution in [0.5, 0.6) is 5.88 Å². The van der Waals surface area contributed by atoms with E-state index in [0.717, 1.165) is 5.56 Å². The second-order valence-corrected chi connectivity index (χ2v) is 6.91. The highest BCUT2D eigenvalue weighted by Gasteiger charge is 2.34. The lowest BCUT2D eigenvalue weighted by Gasteiger charge is -2.36. The molecule has 9 heteroatoms. The van der Waals surface area contributed by atoms with Crippen LogP contribution in [0.4, 0.5) is 10.2 Å². The Morgan fingerprint density at radius 3 is 3.04 bits per heavy atom. The third kappa shape index (κ3) is 2.66. The van der Waals surface area contributed by atoms with Gasteiger partial charge in [0.05, 0.1) is 18.4 Å². The molecule has 0 spiro atoms. The predicted molar refractivity (Wildman–Crippen MR) is 94.1 cm³/mol. The lowest BCUT2D eigenvalue weighted by molar-refractivity contribution is 0.0672. The molecule has 0 unspecified atom stereocenters. The maximum absolute atomic E-state index is 14.5. The number of rotatable bonds is 0. The highest BCUT2D eigenvalue weighted by Crippen LogP contribution is 2.32. The summed E-state index contributed by atoms with van der Waals surface area (Å²) >= 11 is 0. The molecule has 0 radical (unpaired) electrons.